The third-order valence-corrected chi connectivity index (χ3v) is 6.57. The fraction of sp³-hybridized carbons (Fsp3) is 0.320. The number of halogens is 1. The van der Waals surface area contributed by atoms with Crippen LogP contribution in [0.4, 0.5) is 5.69 Å². The number of para-hydroxylation sites is 1. The van der Waals surface area contributed by atoms with Gasteiger partial charge in [-0.1, -0.05) is 54.6 Å². The van der Waals surface area contributed by atoms with Gasteiger partial charge in [-0.2, -0.15) is 0 Å². The SMILES string of the molecule is Cl.O=C(Cc1cccs1)N(c1ccccc1)C1CCN(CCc2ccccc2)CC1. The topological polar surface area (TPSA) is 23.6 Å². The van der Waals surface area contributed by atoms with Gasteiger partial charge in [0.2, 0.25) is 5.91 Å². The predicted molar refractivity (Wildman–Crippen MR) is 129 cm³/mol. The van der Waals surface area contributed by atoms with Gasteiger partial charge in [0.15, 0.2) is 0 Å². The largest absolute Gasteiger partial charge is 0.309 e. The number of hydrogen-bond donors (Lipinski definition) is 0. The molecule has 1 aliphatic rings. The second kappa shape index (κ2) is 11.3. The smallest absolute Gasteiger partial charge is 0.232 e. The lowest BCUT2D eigenvalue weighted by Crippen LogP contribution is -2.48. The van der Waals surface area contributed by atoms with Crippen LogP contribution < -0.4 is 4.90 Å². The van der Waals surface area contributed by atoms with Gasteiger partial charge >= 0.3 is 0 Å². The van der Waals surface area contributed by atoms with Crippen molar-refractivity contribution in [3.63, 3.8) is 0 Å². The first-order chi connectivity index (χ1) is 14.3. The van der Waals surface area contributed by atoms with E-state index in [4.69, 9.17) is 0 Å². The average Bonchev–Trinajstić information content (AvgIpc) is 3.28. The molecule has 1 aliphatic heterocycles. The van der Waals surface area contributed by atoms with Crippen molar-refractivity contribution in [2.75, 3.05) is 24.5 Å². The number of benzene rings is 2. The van der Waals surface area contributed by atoms with Crippen molar-refractivity contribution in [3.8, 4) is 0 Å². The molecule has 0 atom stereocenters. The quantitative estimate of drug-likeness (QED) is 0.487. The highest BCUT2D eigenvalue weighted by atomic mass is 35.5. The molecule has 5 heteroatoms. The molecule has 30 heavy (non-hydrogen) atoms. The molecule has 1 fully saturated rings. The van der Waals surface area contributed by atoms with Crippen molar-refractivity contribution >= 4 is 35.3 Å². The van der Waals surface area contributed by atoms with E-state index < -0.39 is 0 Å². The number of hydrogen-bond acceptors (Lipinski definition) is 3. The molecule has 4 rings (SSSR count). The van der Waals surface area contributed by atoms with E-state index in [1.165, 1.54) is 5.56 Å². The van der Waals surface area contributed by atoms with Crippen molar-refractivity contribution < 1.29 is 4.79 Å². The number of likely N-dealkylation sites (tertiary alicyclic amines) is 1. The zero-order chi connectivity index (χ0) is 19.9. The van der Waals surface area contributed by atoms with Crippen LogP contribution in [0.1, 0.15) is 23.3 Å². The molecule has 0 radical (unpaired) electrons. The number of carbonyl (C=O) groups is 1. The number of thiophene rings is 1. The monoisotopic (exact) mass is 440 g/mol. The minimum absolute atomic E-state index is 0. The van der Waals surface area contributed by atoms with Crippen molar-refractivity contribution in [2.24, 2.45) is 0 Å². The fourth-order valence-electron chi connectivity index (χ4n) is 4.13. The Morgan fingerprint density at radius 3 is 2.23 bits per heavy atom. The van der Waals surface area contributed by atoms with Crippen LogP contribution in [0.2, 0.25) is 0 Å². The Hall–Kier alpha value is -2.14. The Kier molecular flexibility index (Phi) is 8.50. The Labute approximate surface area is 189 Å². The van der Waals surface area contributed by atoms with E-state index in [2.05, 4.69) is 58.3 Å². The Bertz CT molecular complexity index is 878. The lowest BCUT2D eigenvalue weighted by molar-refractivity contribution is -0.118. The molecule has 1 aromatic heterocycles. The van der Waals surface area contributed by atoms with Crippen molar-refractivity contribution in [1.82, 2.24) is 4.90 Å². The molecule has 1 saturated heterocycles. The van der Waals surface area contributed by atoms with E-state index >= 15 is 0 Å². The maximum Gasteiger partial charge on any atom is 0.232 e. The van der Waals surface area contributed by atoms with Crippen molar-refractivity contribution in [3.05, 3.63) is 88.6 Å². The molecule has 0 N–H and O–H groups in total. The van der Waals surface area contributed by atoms with Crippen LogP contribution in [0.3, 0.4) is 0 Å². The summed E-state index contributed by atoms with van der Waals surface area (Å²) >= 11 is 1.66. The first-order valence-corrected chi connectivity index (χ1v) is 11.3. The molecule has 0 saturated carbocycles. The van der Waals surface area contributed by atoms with Gasteiger partial charge in [0.1, 0.15) is 0 Å². The number of amides is 1. The molecule has 0 unspecified atom stereocenters. The lowest BCUT2D eigenvalue weighted by atomic mass is 10.0. The predicted octanol–water partition coefficient (Wildman–Crippen LogP) is 5.45. The summed E-state index contributed by atoms with van der Waals surface area (Å²) in [6.07, 6.45) is 3.63. The highest BCUT2D eigenvalue weighted by Gasteiger charge is 2.29. The van der Waals surface area contributed by atoms with Crippen LogP contribution >= 0.6 is 23.7 Å². The minimum Gasteiger partial charge on any atom is -0.309 e. The van der Waals surface area contributed by atoms with Crippen molar-refractivity contribution in [1.29, 1.82) is 0 Å². The van der Waals surface area contributed by atoms with Crippen LogP contribution in [0.5, 0.6) is 0 Å². The molecule has 0 aliphatic carbocycles. The summed E-state index contributed by atoms with van der Waals surface area (Å²) in [6, 6.07) is 25.2. The second-order valence-electron chi connectivity index (χ2n) is 7.66. The molecule has 3 aromatic rings. The van der Waals surface area contributed by atoms with Gasteiger partial charge in [0.25, 0.3) is 0 Å². The summed E-state index contributed by atoms with van der Waals surface area (Å²) in [5.74, 6) is 0.210. The summed E-state index contributed by atoms with van der Waals surface area (Å²) in [5.41, 5.74) is 2.42. The molecular formula is C25H29ClN2OS. The molecule has 1 amide bonds. The third-order valence-electron chi connectivity index (χ3n) is 5.69. The number of nitrogens with zero attached hydrogens (tertiary/aromatic N) is 2. The summed E-state index contributed by atoms with van der Waals surface area (Å²) < 4.78 is 0. The Morgan fingerprint density at radius 1 is 0.933 bits per heavy atom. The Balaban J connectivity index is 0.00000256. The van der Waals surface area contributed by atoms with E-state index in [1.54, 1.807) is 11.3 Å². The van der Waals surface area contributed by atoms with Crippen molar-refractivity contribution in [2.45, 2.75) is 31.7 Å². The van der Waals surface area contributed by atoms with E-state index in [1.807, 2.05) is 29.6 Å². The molecule has 0 spiro atoms. The molecule has 3 nitrogen and oxygen atoms in total. The molecule has 0 bridgehead atoms. The van der Waals surface area contributed by atoms with Gasteiger partial charge < -0.3 is 9.80 Å². The number of anilines is 1. The number of piperidine rings is 1. The summed E-state index contributed by atoms with van der Waals surface area (Å²) in [6.45, 7) is 3.19. The third kappa shape index (κ3) is 5.94. The lowest BCUT2D eigenvalue weighted by Gasteiger charge is -2.38. The fourth-order valence-corrected chi connectivity index (χ4v) is 4.82. The van der Waals surface area contributed by atoms with E-state index in [0.29, 0.717) is 6.42 Å². The molecule has 2 aromatic carbocycles. The van der Waals surface area contributed by atoms with Gasteiger partial charge in [-0.3, -0.25) is 4.79 Å². The summed E-state index contributed by atoms with van der Waals surface area (Å²) in [5, 5.41) is 2.04. The van der Waals surface area contributed by atoms with Gasteiger partial charge in [0, 0.05) is 36.2 Å². The van der Waals surface area contributed by atoms with Crippen LogP contribution in [0, 0.1) is 0 Å². The zero-order valence-electron chi connectivity index (χ0n) is 17.2. The van der Waals surface area contributed by atoms with Crippen LogP contribution in [-0.4, -0.2) is 36.5 Å². The van der Waals surface area contributed by atoms with Gasteiger partial charge in [-0.05, 0) is 48.4 Å². The van der Waals surface area contributed by atoms with Gasteiger partial charge in [-0.25, -0.2) is 0 Å². The van der Waals surface area contributed by atoms with Crippen LogP contribution in [0.25, 0.3) is 0 Å². The number of rotatable bonds is 7. The van der Waals surface area contributed by atoms with E-state index in [9.17, 15) is 4.79 Å². The molecule has 158 valence electrons. The van der Waals surface area contributed by atoms with Crippen LogP contribution in [0.15, 0.2) is 78.2 Å². The summed E-state index contributed by atoms with van der Waals surface area (Å²) in [4.78, 5) is 19.0. The Morgan fingerprint density at radius 2 is 1.60 bits per heavy atom. The molecular weight excluding hydrogens is 412 g/mol. The van der Waals surface area contributed by atoms with Gasteiger partial charge in [0.05, 0.1) is 6.42 Å². The summed E-state index contributed by atoms with van der Waals surface area (Å²) in [7, 11) is 0. The second-order valence-corrected chi connectivity index (χ2v) is 8.70. The normalized spacial score (nSPS) is 14.8. The number of carbonyl (C=O) groups excluding carboxylic acids is 1. The zero-order valence-corrected chi connectivity index (χ0v) is 18.8. The van der Waals surface area contributed by atoms with Gasteiger partial charge in [-0.15, -0.1) is 23.7 Å². The minimum atomic E-state index is 0. The maximum absolute atomic E-state index is 13.2. The highest BCUT2D eigenvalue weighted by Crippen LogP contribution is 2.25. The average molecular weight is 441 g/mol. The van der Waals surface area contributed by atoms with E-state index in [-0.39, 0.29) is 24.4 Å². The van der Waals surface area contributed by atoms with E-state index in [0.717, 1.165) is 49.5 Å². The first-order valence-electron chi connectivity index (χ1n) is 10.5. The first kappa shape index (κ1) is 22.5. The maximum atomic E-state index is 13.2. The van der Waals surface area contributed by atoms with Crippen LogP contribution in [-0.2, 0) is 17.6 Å². The standard InChI is InChI=1S/C25H28N2OS.ClH/c28-25(20-24-12-7-19-29-24)27(22-10-5-2-6-11-22)23-14-17-26(18-15-23)16-13-21-8-3-1-4-9-21;/h1-12,19,23H,13-18,20H2;1H. The molecule has 2 heterocycles. The highest BCUT2D eigenvalue weighted by molar-refractivity contribution is 7.10.